The molecule has 192 valence electrons. The highest BCUT2D eigenvalue weighted by Gasteiger charge is 2.13. The van der Waals surface area contributed by atoms with Gasteiger partial charge < -0.3 is 20.4 Å². The molecule has 0 spiro atoms. The van der Waals surface area contributed by atoms with Crippen molar-refractivity contribution in [3.05, 3.63) is 103 Å². The minimum Gasteiger partial charge on any atom is -0.445 e. The van der Waals surface area contributed by atoms with Gasteiger partial charge in [-0.25, -0.2) is 14.8 Å². The van der Waals surface area contributed by atoms with E-state index in [0.717, 1.165) is 49.7 Å². The number of nitrogens with zero attached hydrogens (tertiary/aromatic N) is 2. The lowest BCUT2D eigenvalue weighted by Gasteiger charge is -2.10. The van der Waals surface area contributed by atoms with Crippen molar-refractivity contribution >= 4 is 40.6 Å². The van der Waals surface area contributed by atoms with Gasteiger partial charge in [-0.3, -0.25) is 4.72 Å². The zero-order valence-corrected chi connectivity index (χ0v) is 21.7. The monoisotopic (exact) mass is 524 g/mol. The van der Waals surface area contributed by atoms with Crippen LogP contribution in [-0.4, -0.2) is 34.6 Å². The van der Waals surface area contributed by atoms with Crippen LogP contribution in [0.25, 0.3) is 22.2 Å². The van der Waals surface area contributed by atoms with Gasteiger partial charge in [-0.2, -0.15) is 0 Å². The maximum Gasteiger partial charge on any atom is 0.407 e. The predicted octanol–water partition coefficient (Wildman–Crippen LogP) is 6.06. The van der Waals surface area contributed by atoms with E-state index in [1.165, 1.54) is 0 Å². The highest BCUT2D eigenvalue weighted by atomic mass is 32.2. The lowest BCUT2D eigenvalue weighted by atomic mass is 10.0. The van der Waals surface area contributed by atoms with E-state index in [4.69, 9.17) is 4.74 Å². The topological polar surface area (TPSA) is 104 Å². The smallest absolute Gasteiger partial charge is 0.407 e. The SMILES string of the molecule is CNSc1cccc(Nc2ncnc3[nH]cc(-c4ccc(CCNC(=O)OCc5ccccc5)cc4)c23)c1. The summed E-state index contributed by atoms with van der Waals surface area (Å²) in [5, 5.41) is 7.19. The first kappa shape index (κ1) is 25.3. The molecule has 38 heavy (non-hydrogen) atoms. The number of carbonyl (C=O) groups is 1. The molecular weight excluding hydrogens is 496 g/mol. The van der Waals surface area contributed by atoms with Gasteiger partial charge in [0.2, 0.25) is 0 Å². The number of fused-ring (bicyclic) bond motifs is 1. The normalized spacial score (nSPS) is 10.9. The number of hydrogen-bond donors (Lipinski definition) is 4. The number of ether oxygens (including phenoxy) is 1. The van der Waals surface area contributed by atoms with Gasteiger partial charge in [0, 0.05) is 28.9 Å². The number of aromatic amines is 1. The first-order valence-electron chi connectivity index (χ1n) is 12.3. The van der Waals surface area contributed by atoms with E-state index in [1.54, 1.807) is 18.3 Å². The molecule has 0 bridgehead atoms. The Balaban J connectivity index is 1.23. The number of rotatable bonds is 10. The molecule has 1 amide bonds. The molecule has 2 heterocycles. The van der Waals surface area contributed by atoms with E-state index >= 15 is 0 Å². The Morgan fingerprint density at radius 2 is 1.82 bits per heavy atom. The first-order valence-corrected chi connectivity index (χ1v) is 13.1. The van der Waals surface area contributed by atoms with Gasteiger partial charge in [-0.1, -0.05) is 60.7 Å². The molecule has 4 N–H and O–H groups in total. The van der Waals surface area contributed by atoms with Crippen LogP contribution in [0.4, 0.5) is 16.3 Å². The average molecular weight is 525 g/mol. The average Bonchev–Trinajstić information content (AvgIpc) is 3.39. The molecule has 5 aromatic rings. The lowest BCUT2D eigenvalue weighted by Crippen LogP contribution is -2.26. The Hall–Kier alpha value is -4.34. The van der Waals surface area contributed by atoms with E-state index in [1.807, 2.05) is 61.8 Å². The van der Waals surface area contributed by atoms with Crippen molar-refractivity contribution in [2.24, 2.45) is 0 Å². The van der Waals surface area contributed by atoms with Gasteiger partial charge >= 0.3 is 6.09 Å². The Kier molecular flexibility index (Phi) is 8.17. The molecule has 9 heteroatoms. The van der Waals surface area contributed by atoms with Crippen molar-refractivity contribution in [1.82, 2.24) is 25.0 Å². The van der Waals surface area contributed by atoms with Crippen LogP contribution in [0, 0.1) is 0 Å². The van der Waals surface area contributed by atoms with Crippen molar-refractivity contribution in [2.45, 2.75) is 17.9 Å². The summed E-state index contributed by atoms with van der Waals surface area (Å²) in [6.45, 7) is 0.750. The fraction of sp³-hybridized carbons (Fsp3) is 0.138. The van der Waals surface area contributed by atoms with Gasteiger partial charge in [0.05, 0.1) is 5.39 Å². The van der Waals surface area contributed by atoms with Crippen molar-refractivity contribution in [1.29, 1.82) is 0 Å². The zero-order valence-electron chi connectivity index (χ0n) is 20.9. The molecule has 5 rings (SSSR count). The molecule has 0 aliphatic rings. The Bertz CT molecular complexity index is 1510. The van der Waals surface area contributed by atoms with E-state index in [0.29, 0.717) is 13.0 Å². The van der Waals surface area contributed by atoms with Gasteiger partial charge in [0.25, 0.3) is 0 Å². The molecule has 0 radical (unpaired) electrons. The maximum absolute atomic E-state index is 12.0. The minimum atomic E-state index is -0.417. The lowest BCUT2D eigenvalue weighted by molar-refractivity contribution is 0.140. The number of hydrogen-bond acceptors (Lipinski definition) is 7. The molecule has 2 aromatic heterocycles. The van der Waals surface area contributed by atoms with Crippen molar-refractivity contribution in [2.75, 3.05) is 18.9 Å². The third-order valence-electron chi connectivity index (χ3n) is 5.95. The number of H-pyrrole nitrogens is 1. The highest BCUT2D eigenvalue weighted by molar-refractivity contribution is 7.97. The Labute approximate surface area is 225 Å². The van der Waals surface area contributed by atoms with E-state index in [9.17, 15) is 4.79 Å². The largest absolute Gasteiger partial charge is 0.445 e. The second kappa shape index (κ2) is 12.3. The molecule has 0 fully saturated rings. The van der Waals surface area contributed by atoms with Crippen LogP contribution in [0.5, 0.6) is 0 Å². The van der Waals surface area contributed by atoms with Crippen molar-refractivity contribution in [3.63, 3.8) is 0 Å². The van der Waals surface area contributed by atoms with Crippen LogP contribution in [0.2, 0.25) is 0 Å². The second-order valence-corrected chi connectivity index (χ2v) is 9.63. The van der Waals surface area contributed by atoms with Gasteiger partial charge in [-0.05, 0) is 60.3 Å². The van der Waals surface area contributed by atoms with Gasteiger partial charge in [0.15, 0.2) is 0 Å². The van der Waals surface area contributed by atoms with Gasteiger partial charge in [0.1, 0.15) is 24.4 Å². The molecule has 0 atom stereocenters. The number of anilines is 2. The van der Waals surface area contributed by atoms with Crippen LogP contribution in [0.3, 0.4) is 0 Å². The standard InChI is InChI=1S/C29H28N6O2S/c1-30-38-24-9-5-8-23(16-24)35-28-26-25(17-32-27(26)33-19-34-28)22-12-10-20(11-13-22)14-15-31-29(36)37-18-21-6-3-2-4-7-21/h2-13,16-17,19,30H,14-15,18H2,1H3,(H,31,36)(H2,32,33,34,35). The summed E-state index contributed by atoms with van der Waals surface area (Å²) in [5.74, 6) is 0.736. The van der Waals surface area contributed by atoms with Crippen LogP contribution in [0.15, 0.2) is 96.3 Å². The van der Waals surface area contributed by atoms with Gasteiger partial charge in [-0.15, -0.1) is 0 Å². The molecule has 3 aromatic carbocycles. The minimum absolute atomic E-state index is 0.257. The number of amides is 1. The summed E-state index contributed by atoms with van der Waals surface area (Å²) in [7, 11) is 1.90. The first-order chi connectivity index (χ1) is 18.7. The number of alkyl carbamates (subject to hydrolysis) is 1. The summed E-state index contributed by atoms with van der Waals surface area (Å²) in [6.07, 6.45) is 3.79. The predicted molar refractivity (Wildman–Crippen MR) is 152 cm³/mol. The summed E-state index contributed by atoms with van der Waals surface area (Å²) >= 11 is 1.56. The summed E-state index contributed by atoms with van der Waals surface area (Å²) in [6, 6.07) is 26.1. The second-order valence-electron chi connectivity index (χ2n) is 8.54. The summed E-state index contributed by atoms with van der Waals surface area (Å²) < 4.78 is 8.37. The molecule has 0 unspecified atom stereocenters. The maximum atomic E-state index is 12.0. The van der Waals surface area contributed by atoms with Crippen molar-refractivity contribution in [3.8, 4) is 11.1 Å². The fourth-order valence-corrected chi connectivity index (χ4v) is 4.68. The highest BCUT2D eigenvalue weighted by Crippen LogP contribution is 2.33. The molecule has 0 saturated carbocycles. The van der Waals surface area contributed by atoms with Crippen LogP contribution in [0.1, 0.15) is 11.1 Å². The van der Waals surface area contributed by atoms with Crippen molar-refractivity contribution < 1.29 is 9.53 Å². The summed E-state index contributed by atoms with van der Waals surface area (Å²) in [4.78, 5) is 25.3. The fourth-order valence-electron chi connectivity index (χ4n) is 4.11. The number of benzene rings is 3. The zero-order chi connectivity index (χ0) is 26.2. The third-order valence-corrected chi connectivity index (χ3v) is 6.64. The molecule has 0 aliphatic heterocycles. The van der Waals surface area contributed by atoms with E-state index in [-0.39, 0.29) is 6.61 Å². The Morgan fingerprint density at radius 3 is 2.63 bits per heavy atom. The molecule has 0 saturated heterocycles. The molecule has 8 nitrogen and oxygen atoms in total. The van der Waals surface area contributed by atoms with Crippen LogP contribution < -0.4 is 15.4 Å². The quantitative estimate of drug-likeness (QED) is 0.165. The number of nitrogens with one attached hydrogen (secondary N) is 4. The summed E-state index contributed by atoms with van der Waals surface area (Å²) in [5.41, 5.74) is 5.85. The van der Waals surface area contributed by atoms with E-state index < -0.39 is 6.09 Å². The molecule has 0 aliphatic carbocycles. The van der Waals surface area contributed by atoms with Crippen LogP contribution in [-0.2, 0) is 17.8 Å². The van der Waals surface area contributed by atoms with Crippen LogP contribution >= 0.6 is 11.9 Å². The molecular formula is C29H28N6O2S. The number of aromatic nitrogens is 3. The Morgan fingerprint density at radius 1 is 0.974 bits per heavy atom. The number of carbonyl (C=O) groups excluding carboxylic acids is 1. The van der Waals surface area contributed by atoms with E-state index in [2.05, 4.69) is 60.6 Å². The third kappa shape index (κ3) is 6.31.